The van der Waals surface area contributed by atoms with Crippen LogP contribution in [0.3, 0.4) is 0 Å². The van der Waals surface area contributed by atoms with Crippen molar-refractivity contribution in [1.29, 1.82) is 5.26 Å². The second-order valence-electron chi connectivity index (χ2n) is 5.39. The van der Waals surface area contributed by atoms with Gasteiger partial charge in [0.25, 0.3) is 0 Å². The third kappa shape index (κ3) is 1.27. The van der Waals surface area contributed by atoms with E-state index in [2.05, 4.69) is 19.9 Å². The number of fused-ring (bicyclic) bond motifs is 2. The van der Waals surface area contributed by atoms with E-state index in [9.17, 15) is 0 Å². The second kappa shape index (κ2) is 3.01. The van der Waals surface area contributed by atoms with Gasteiger partial charge in [-0.2, -0.15) is 5.26 Å². The van der Waals surface area contributed by atoms with Gasteiger partial charge in [0.1, 0.15) is 0 Å². The molecule has 0 aromatic carbocycles. The lowest BCUT2D eigenvalue weighted by Gasteiger charge is -2.38. The van der Waals surface area contributed by atoms with Gasteiger partial charge in [-0.1, -0.05) is 13.8 Å². The molecule has 0 saturated heterocycles. The van der Waals surface area contributed by atoms with Gasteiger partial charge in [-0.05, 0) is 48.9 Å². The summed E-state index contributed by atoms with van der Waals surface area (Å²) in [5.41, 5.74) is 0.528. The molecule has 0 aromatic rings. The van der Waals surface area contributed by atoms with E-state index >= 15 is 0 Å². The maximum absolute atomic E-state index is 8.62. The van der Waals surface area contributed by atoms with Crippen LogP contribution in [0.5, 0.6) is 0 Å². The Morgan fingerprint density at radius 3 is 2.69 bits per heavy atom. The number of hydrogen-bond acceptors (Lipinski definition) is 1. The van der Waals surface area contributed by atoms with Crippen LogP contribution in [0.1, 0.15) is 46.0 Å². The van der Waals surface area contributed by atoms with E-state index in [1.165, 1.54) is 19.3 Å². The molecule has 1 nitrogen and oxygen atoms in total. The van der Waals surface area contributed by atoms with Gasteiger partial charge < -0.3 is 0 Å². The molecule has 2 saturated carbocycles. The van der Waals surface area contributed by atoms with Crippen LogP contribution in [-0.2, 0) is 0 Å². The highest BCUT2D eigenvalue weighted by Gasteiger charge is 2.51. The predicted molar refractivity (Wildman–Crippen MR) is 52.9 cm³/mol. The molecule has 2 aliphatic carbocycles. The van der Waals surface area contributed by atoms with Crippen molar-refractivity contribution in [3.63, 3.8) is 0 Å². The quantitative estimate of drug-likeness (QED) is 0.634. The molecule has 2 rings (SSSR count). The molecule has 2 fully saturated rings. The molecule has 3 unspecified atom stereocenters. The molecule has 0 amide bonds. The van der Waals surface area contributed by atoms with Crippen LogP contribution in [0.15, 0.2) is 0 Å². The van der Waals surface area contributed by atoms with E-state index < -0.39 is 0 Å². The van der Waals surface area contributed by atoms with Crippen molar-refractivity contribution in [3.8, 4) is 6.07 Å². The van der Waals surface area contributed by atoms with E-state index in [-0.39, 0.29) is 0 Å². The number of nitriles is 1. The van der Waals surface area contributed by atoms with Gasteiger partial charge in [-0.25, -0.2) is 0 Å². The summed E-state index contributed by atoms with van der Waals surface area (Å²) in [6.07, 6.45) is 6.23. The number of rotatable bonds is 2. The van der Waals surface area contributed by atoms with E-state index in [0.29, 0.717) is 5.41 Å². The Hall–Kier alpha value is -0.510. The van der Waals surface area contributed by atoms with Gasteiger partial charge in [-0.3, -0.25) is 0 Å². The Labute approximate surface area is 81.1 Å². The first-order valence-corrected chi connectivity index (χ1v) is 5.53. The van der Waals surface area contributed by atoms with E-state index in [0.717, 1.165) is 30.6 Å². The van der Waals surface area contributed by atoms with E-state index in [1.54, 1.807) is 0 Å². The summed E-state index contributed by atoms with van der Waals surface area (Å²) in [5, 5.41) is 8.62. The highest BCUT2D eigenvalue weighted by molar-refractivity contribution is 5.02. The Morgan fingerprint density at radius 2 is 2.15 bits per heavy atom. The predicted octanol–water partition coefficient (Wildman–Crippen LogP) is 3.36. The lowest BCUT2D eigenvalue weighted by Crippen LogP contribution is -2.30. The fourth-order valence-corrected chi connectivity index (χ4v) is 3.80. The molecule has 2 aliphatic rings. The van der Waals surface area contributed by atoms with Crippen molar-refractivity contribution in [1.82, 2.24) is 0 Å². The van der Waals surface area contributed by atoms with Crippen LogP contribution >= 0.6 is 0 Å². The Bertz CT molecular complexity index is 236. The zero-order valence-electron chi connectivity index (χ0n) is 8.71. The molecule has 0 heterocycles. The van der Waals surface area contributed by atoms with Gasteiger partial charge in [0.2, 0.25) is 0 Å². The molecular weight excluding hydrogens is 158 g/mol. The van der Waals surface area contributed by atoms with Gasteiger partial charge in [0.05, 0.1) is 6.07 Å². The third-order valence-corrected chi connectivity index (χ3v) is 4.62. The van der Waals surface area contributed by atoms with E-state index in [4.69, 9.17) is 5.26 Å². The normalized spacial score (nSPS) is 40.5. The van der Waals surface area contributed by atoms with Gasteiger partial charge in [0, 0.05) is 6.42 Å². The molecule has 72 valence electrons. The Balaban J connectivity index is 2.06. The minimum absolute atomic E-state index is 0.528. The van der Waals surface area contributed by atoms with E-state index in [1.807, 2.05) is 0 Å². The molecule has 1 heteroatoms. The van der Waals surface area contributed by atoms with Crippen LogP contribution in [0.4, 0.5) is 0 Å². The summed E-state index contributed by atoms with van der Waals surface area (Å²) in [5.74, 6) is 2.75. The molecular formula is C12H19N. The zero-order valence-corrected chi connectivity index (χ0v) is 8.71. The summed E-state index contributed by atoms with van der Waals surface area (Å²) in [6.45, 7) is 4.83. The van der Waals surface area contributed by atoms with Gasteiger partial charge in [0.15, 0.2) is 0 Å². The van der Waals surface area contributed by atoms with Crippen molar-refractivity contribution in [2.45, 2.75) is 46.0 Å². The van der Waals surface area contributed by atoms with Crippen LogP contribution < -0.4 is 0 Å². The average Bonchev–Trinajstić information content (AvgIpc) is 2.60. The largest absolute Gasteiger partial charge is 0.198 e. The molecule has 0 radical (unpaired) electrons. The monoisotopic (exact) mass is 177 g/mol. The summed E-state index contributed by atoms with van der Waals surface area (Å²) >= 11 is 0. The Morgan fingerprint density at radius 1 is 1.38 bits per heavy atom. The zero-order chi connectivity index (χ0) is 9.47. The highest BCUT2D eigenvalue weighted by Crippen LogP contribution is 2.60. The Kier molecular flexibility index (Phi) is 2.10. The maximum Gasteiger partial charge on any atom is 0.0621 e. The SMILES string of the molecule is CC1(C)C2CCC(C2)C1CCC#N. The second-order valence-corrected chi connectivity index (χ2v) is 5.39. The third-order valence-electron chi connectivity index (χ3n) is 4.62. The summed E-state index contributed by atoms with van der Waals surface area (Å²) in [4.78, 5) is 0. The molecule has 0 aromatic heterocycles. The van der Waals surface area contributed by atoms with Crippen molar-refractivity contribution in [2.75, 3.05) is 0 Å². The first kappa shape index (κ1) is 9.06. The minimum Gasteiger partial charge on any atom is -0.198 e. The van der Waals surface area contributed by atoms with Crippen molar-refractivity contribution < 1.29 is 0 Å². The van der Waals surface area contributed by atoms with Crippen molar-refractivity contribution in [3.05, 3.63) is 0 Å². The van der Waals surface area contributed by atoms with Crippen LogP contribution in [0.2, 0.25) is 0 Å². The summed E-state index contributed by atoms with van der Waals surface area (Å²) in [7, 11) is 0. The average molecular weight is 177 g/mol. The van der Waals surface area contributed by atoms with Crippen LogP contribution in [0, 0.1) is 34.5 Å². The number of nitrogens with zero attached hydrogens (tertiary/aromatic N) is 1. The fraction of sp³-hybridized carbons (Fsp3) is 0.917. The fourth-order valence-electron chi connectivity index (χ4n) is 3.80. The highest BCUT2D eigenvalue weighted by atomic mass is 14.6. The van der Waals surface area contributed by atoms with Crippen molar-refractivity contribution in [2.24, 2.45) is 23.2 Å². The molecule has 0 aliphatic heterocycles. The molecule has 0 spiro atoms. The smallest absolute Gasteiger partial charge is 0.0621 e. The molecule has 13 heavy (non-hydrogen) atoms. The van der Waals surface area contributed by atoms with Gasteiger partial charge >= 0.3 is 0 Å². The standard InChI is InChI=1S/C12H19N/c1-12(2)10-6-5-9(8-10)11(12)4-3-7-13/h9-11H,3-6,8H2,1-2H3. The summed E-state index contributed by atoms with van der Waals surface area (Å²) < 4.78 is 0. The maximum atomic E-state index is 8.62. The lowest BCUT2D eigenvalue weighted by atomic mass is 9.67. The topological polar surface area (TPSA) is 23.8 Å². The minimum atomic E-state index is 0.528. The molecule has 2 bridgehead atoms. The lowest BCUT2D eigenvalue weighted by molar-refractivity contribution is 0.115. The summed E-state index contributed by atoms with van der Waals surface area (Å²) in [6, 6.07) is 2.29. The van der Waals surface area contributed by atoms with Crippen LogP contribution in [0.25, 0.3) is 0 Å². The first-order chi connectivity index (χ1) is 6.16. The number of hydrogen-bond donors (Lipinski definition) is 0. The molecule has 3 atom stereocenters. The van der Waals surface area contributed by atoms with Crippen LogP contribution in [-0.4, -0.2) is 0 Å². The van der Waals surface area contributed by atoms with Gasteiger partial charge in [-0.15, -0.1) is 0 Å². The first-order valence-electron chi connectivity index (χ1n) is 5.53. The molecule has 0 N–H and O–H groups in total. The van der Waals surface area contributed by atoms with Crippen molar-refractivity contribution >= 4 is 0 Å².